The van der Waals surface area contributed by atoms with Crippen LogP contribution in [0.5, 0.6) is 5.88 Å². The zero-order valence-corrected chi connectivity index (χ0v) is 10.8. The largest absolute Gasteiger partial charge is 0.474 e. The van der Waals surface area contributed by atoms with E-state index in [4.69, 9.17) is 10.5 Å². The van der Waals surface area contributed by atoms with Gasteiger partial charge in [-0.15, -0.1) is 0 Å². The minimum Gasteiger partial charge on any atom is -0.474 e. The lowest BCUT2D eigenvalue weighted by Gasteiger charge is -2.13. The average molecular weight is 238 g/mol. The van der Waals surface area contributed by atoms with Gasteiger partial charge < -0.3 is 15.8 Å². The minimum atomic E-state index is 0.107. The molecule has 5 heteroatoms. The van der Waals surface area contributed by atoms with Gasteiger partial charge in [0.05, 0.1) is 18.5 Å². The van der Waals surface area contributed by atoms with Crippen LogP contribution >= 0.6 is 0 Å². The summed E-state index contributed by atoms with van der Waals surface area (Å²) >= 11 is 0. The van der Waals surface area contributed by atoms with Gasteiger partial charge in [-0.3, -0.25) is 4.98 Å². The molecule has 1 atom stereocenters. The van der Waals surface area contributed by atoms with Gasteiger partial charge in [0.25, 0.3) is 0 Å². The highest BCUT2D eigenvalue weighted by Gasteiger charge is 2.04. The van der Waals surface area contributed by atoms with Crippen LogP contribution in [0.25, 0.3) is 0 Å². The molecule has 0 spiro atoms. The lowest BCUT2D eigenvalue weighted by Crippen LogP contribution is -2.16. The predicted octanol–water partition coefficient (Wildman–Crippen LogP) is 1.66. The number of hydrogen-bond donors (Lipinski definition) is 2. The highest BCUT2D eigenvalue weighted by Crippen LogP contribution is 2.11. The van der Waals surface area contributed by atoms with E-state index in [1.165, 1.54) is 0 Å². The molecule has 0 saturated carbocycles. The molecule has 0 aliphatic rings. The summed E-state index contributed by atoms with van der Waals surface area (Å²) < 4.78 is 5.48. The molecular weight excluding hydrogens is 216 g/mol. The van der Waals surface area contributed by atoms with E-state index in [9.17, 15) is 0 Å². The van der Waals surface area contributed by atoms with Crippen LogP contribution in [-0.4, -0.2) is 29.2 Å². The molecule has 1 aromatic rings. The molecule has 96 valence electrons. The van der Waals surface area contributed by atoms with Crippen LogP contribution in [0.2, 0.25) is 0 Å². The van der Waals surface area contributed by atoms with Crippen LogP contribution in [-0.2, 0) is 0 Å². The Labute approximate surface area is 103 Å². The molecule has 0 saturated heterocycles. The second-order valence-electron chi connectivity index (χ2n) is 4.47. The fourth-order valence-electron chi connectivity index (χ4n) is 1.40. The second kappa shape index (κ2) is 7.06. The molecule has 1 unspecified atom stereocenters. The third-order valence-corrected chi connectivity index (χ3v) is 2.26. The molecule has 17 heavy (non-hydrogen) atoms. The molecule has 3 N–H and O–H groups in total. The number of hydrogen-bond acceptors (Lipinski definition) is 5. The van der Waals surface area contributed by atoms with Crippen molar-refractivity contribution in [3.63, 3.8) is 0 Å². The maximum atomic E-state index is 5.50. The zero-order chi connectivity index (χ0) is 12.7. The van der Waals surface area contributed by atoms with E-state index in [2.05, 4.69) is 22.2 Å². The van der Waals surface area contributed by atoms with Crippen LogP contribution in [0.1, 0.15) is 27.2 Å². The summed E-state index contributed by atoms with van der Waals surface area (Å²) in [7, 11) is 0. The van der Waals surface area contributed by atoms with E-state index in [0.717, 1.165) is 18.8 Å². The third-order valence-electron chi connectivity index (χ3n) is 2.26. The van der Waals surface area contributed by atoms with Gasteiger partial charge in [0.1, 0.15) is 5.82 Å². The van der Waals surface area contributed by atoms with Crippen molar-refractivity contribution < 1.29 is 4.74 Å². The van der Waals surface area contributed by atoms with Crippen molar-refractivity contribution in [1.29, 1.82) is 0 Å². The predicted molar refractivity (Wildman–Crippen MR) is 69.1 cm³/mol. The van der Waals surface area contributed by atoms with Crippen molar-refractivity contribution in [2.75, 3.05) is 18.4 Å². The first-order chi connectivity index (χ1) is 8.11. The smallest absolute Gasteiger partial charge is 0.234 e. The van der Waals surface area contributed by atoms with Crippen LogP contribution < -0.4 is 15.8 Å². The van der Waals surface area contributed by atoms with E-state index in [1.54, 1.807) is 12.4 Å². The van der Waals surface area contributed by atoms with E-state index >= 15 is 0 Å². The molecule has 0 aliphatic carbocycles. The molecule has 0 radical (unpaired) electrons. The van der Waals surface area contributed by atoms with Crippen molar-refractivity contribution in [3.8, 4) is 5.88 Å². The summed E-state index contributed by atoms with van der Waals surface area (Å²) in [6.45, 7) is 7.64. The van der Waals surface area contributed by atoms with Crippen molar-refractivity contribution in [2.24, 2.45) is 11.7 Å². The number of anilines is 1. The number of nitrogens with two attached hydrogens (primary N) is 1. The Morgan fingerprint density at radius 2 is 2.12 bits per heavy atom. The molecular formula is C12H22N4O. The molecule has 0 fully saturated rings. The molecule has 0 aliphatic heterocycles. The van der Waals surface area contributed by atoms with Gasteiger partial charge >= 0.3 is 0 Å². The Kier molecular flexibility index (Phi) is 5.69. The van der Waals surface area contributed by atoms with Gasteiger partial charge in [0.2, 0.25) is 5.88 Å². The minimum absolute atomic E-state index is 0.107. The monoisotopic (exact) mass is 238 g/mol. The Morgan fingerprint density at radius 3 is 2.76 bits per heavy atom. The quantitative estimate of drug-likeness (QED) is 0.755. The van der Waals surface area contributed by atoms with Crippen LogP contribution in [0.3, 0.4) is 0 Å². The van der Waals surface area contributed by atoms with Gasteiger partial charge in [0.15, 0.2) is 0 Å². The van der Waals surface area contributed by atoms with Crippen LogP contribution in [0.15, 0.2) is 12.4 Å². The van der Waals surface area contributed by atoms with Gasteiger partial charge in [0, 0.05) is 6.54 Å². The average Bonchev–Trinajstić information content (AvgIpc) is 2.26. The molecule has 1 heterocycles. The zero-order valence-electron chi connectivity index (χ0n) is 10.8. The summed E-state index contributed by atoms with van der Waals surface area (Å²) in [5.41, 5.74) is 5.50. The number of ether oxygens (including phenoxy) is 1. The Balaban J connectivity index is 2.48. The van der Waals surface area contributed by atoms with Crippen LogP contribution in [0.4, 0.5) is 5.82 Å². The van der Waals surface area contributed by atoms with Gasteiger partial charge in [-0.1, -0.05) is 6.92 Å². The third kappa shape index (κ3) is 5.49. The normalized spacial score (nSPS) is 12.5. The molecule has 5 nitrogen and oxygen atoms in total. The maximum absolute atomic E-state index is 5.50. The van der Waals surface area contributed by atoms with E-state index in [-0.39, 0.29) is 6.10 Å². The maximum Gasteiger partial charge on any atom is 0.234 e. The fraction of sp³-hybridized carbons (Fsp3) is 0.667. The molecule has 0 bridgehead atoms. The Morgan fingerprint density at radius 1 is 1.35 bits per heavy atom. The SMILES string of the molecule is CC(CCN)CNc1cncc(OC(C)C)n1. The summed E-state index contributed by atoms with van der Waals surface area (Å²) in [6.07, 6.45) is 4.43. The second-order valence-corrected chi connectivity index (χ2v) is 4.47. The van der Waals surface area contributed by atoms with Crippen molar-refractivity contribution in [2.45, 2.75) is 33.3 Å². The van der Waals surface area contributed by atoms with E-state index in [1.807, 2.05) is 13.8 Å². The standard InChI is InChI=1S/C12H22N4O/c1-9(2)17-12-8-14-7-11(16-12)15-6-10(3)4-5-13/h7-10H,4-6,13H2,1-3H3,(H,15,16). The summed E-state index contributed by atoms with van der Waals surface area (Å²) in [4.78, 5) is 8.40. The lowest BCUT2D eigenvalue weighted by molar-refractivity contribution is 0.232. The lowest BCUT2D eigenvalue weighted by atomic mass is 10.1. The Hall–Kier alpha value is -1.36. The van der Waals surface area contributed by atoms with Gasteiger partial charge in [-0.05, 0) is 32.7 Å². The molecule has 1 aromatic heterocycles. The van der Waals surface area contributed by atoms with Gasteiger partial charge in [-0.2, -0.15) is 4.98 Å². The number of aromatic nitrogens is 2. The topological polar surface area (TPSA) is 73.1 Å². The molecule has 1 rings (SSSR count). The first kappa shape index (κ1) is 13.7. The number of rotatable bonds is 7. The highest BCUT2D eigenvalue weighted by molar-refractivity contribution is 5.33. The summed E-state index contributed by atoms with van der Waals surface area (Å²) in [6, 6.07) is 0. The van der Waals surface area contributed by atoms with Crippen molar-refractivity contribution >= 4 is 5.82 Å². The highest BCUT2D eigenvalue weighted by atomic mass is 16.5. The van der Waals surface area contributed by atoms with Crippen molar-refractivity contribution in [3.05, 3.63) is 12.4 Å². The first-order valence-electron chi connectivity index (χ1n) is 6.04. The van der Waals surface area contributed by atoms with E-state index in [0.29, 0.717) is 18.3 Å². The van der Waals surface area contributed by atoms with E-state index < -0.39 is 0 Å². The number of nitrogens with one attached hydrogen (secondary N) is 1. The first-order valence-corrected chi connectivity index (χ1v) is 6.04. The molecule has 0 amide bonds. The fourth-order valence-corrected chi connectivity index (χ4v) is 1.40. The Bertz CT molecular complexity index is 330. The summed E-state index contributed by atoms with van der Waals surface area (Å²) in [5.74, 6) is 1.82. The molecule has 0 aromatic carbocycles. The van der Waals surface area contributed by atoms with Crippen LogP contribution in [0, 0.1) is 5.92 Å². The number of nitrogens with zero attached hydrogens (tertiary/aromatic N) is 2. The van der Waals surface area contributed by atoms with Gasteiger partial charge in [-0.25, -0.2) is 0 Å². The van der Waals surface area contributed by atoms with Crippen molar-refractivity contribution in [1.82, 2.24) is 9.97 Å². The summed E-state index contributed by atoms with van der Waals surface area (Å²) in [5, 5.41) is 3.23.